The number of amides is 1. The van der Waals surface area contributed by atoms with E-state index in [1.165, 1.54) is 0 Å². The van der Waals surface area contributed by atoms with E-state index in [9.17, 15) is 4.79 Å². The third-order valence-corrected chi connectivity index (χ3v) is 5.03. The van der Waals surface area contributed by atoms with Gasteiger partial charge in [0.2, 0.25) is 5.91 Å². The van der Waals surface area contributed by atoms with Crippen LogP contribution in [0.3, 0.4) is 0 Å². The molecule has 0 saturated carbocycles. The first-order chi connectivity index (χ1) is 11.3. The second-order valence-corrected chi connectivity index (χ2v) is 6.66. The Kier molecular flexibility index (Phi) is 3.71. The number of H-pyrrole nitrogens is 1. The molecule has 0 aliphatic carbocycles. The third-order valence-electron chi connectivity index (χ3n) is 4.19. The second-order valence-electron chi connectivity index (χ2n) is 5.68. The summed E-state index contributed by atoms with van der Waals surface area (Å²) < 4.78 is 0. The zero-order valence-electron chi connectivity index (χ0n) is 12.6. The van der Waals surface area contributed by atoms with Gasteiger partial charge in [0.1, 0.15) is 5.82 Å². The normalized spacial score (nSPS) is 18.3. The summed E-state index contributed by atoms with van der Waals surface area (Å²) in [5, 5.41) is 2.01. The van der Waals surface area contributed by atoms with E-state index in [0.717, 1.165) is 41.1 Å². The predicted octanol–water partition coefficient (Wildman–Crippen LogP) is 4.00. The Morgan fingerprint density at radius 2 is 2.22 bits per heavy atom. The van der Waals surface area contributed by atoms with Gasteiger partial charge in [0, 0.05) is 17.5 Å². The summed E-state index contributed by atoms with van der Waals surface area (Å²) in [5.74, 6) is 0.947. The van der Waals surface area contributed by atoms with E-state index < -0.39 is 0 Å². The highest BCUT2D eigenvalue weighted by Gasteiger charge is 2.30. The molecule has 1 fully saturated rings. The third kappa shape index (κ3) is 2.80. The number of thiophene rings is 1. The van der Waals surface area contributed by atoms with Crippen LogP contribution >= 0.6 is 11.3 Å². The van der Waals surface area contributed by atoms with Gasteiger partial charge in [-0.25, -0.2) is 4.98 Å². The zero-order valence-corrected chi connectivity index (χ0v) is 13.4. The number of likely N-dealkylation sites (tertiary alicyclic amines) is 1. The van der Waals surface area contributed by atoms with Crippen LogP contribution in [-0.2, 0) is 4.79 Å². The number of carbonyl (C=O) groups excluding carboxylic acids is 1. The number of aromatic nitrogens is 2. The molecular formula is C18H17N3OS. The average Bonchev–Trinajstić information content (AvgIpc) is 3.31. The lowest BCUT2D eigenvalue weighted by atomic mass is 10.2. The lowest BCUT2D eigenvalue weighted by Crippen LogP contribution is -2.29. The van der Waals surface area contributed by atoms with E-state index in [-0.39, 0.29) is 11.9 Å². The van der Waals surface area contributed by atoms with Crippen molar-refractivity contribution < 1.29 is 4.79 Å². The maximum atomic E-state index is 12.5. The highest BCUT2D eigenvalue weighted by molar-refractivity contribution is 7.10. The van der Waals surface area contributed by atoms with Crippen molar-refractivity contribution in [2.24, 2.45) is 0 Å². The molecule has 1 aliphatic rings. The summed E-state index contributed by atoms with van der Waals surface area (Å²) in [4.78, 5) is 23.6. The molecule has 1 saturated heterocycles. The van der Waals surface area contributed by atoms with Crippen molar-refractivity contribution in [2.75, 3.05) is 6.54 Å². The average molecular weight is 323 g/mol. The van der Waals surface area contributed by atoms with E-state index in [0.29, 0.717) is 0 Å². The summed E-state index contributed by atoms with van der Waals surface area (Å²) in [7, 11) is 0. The summed E-state index contributed by atoms with van der Waals surface area (Å²) in [6.45, 7) is 0.787. The van der Waals surface area contributed by atoms with Crippen LogP contribution in [0.15, 0.2) is 47.9 Å². The van der Waals surface area contributed by atoms with Gasteiger partial charge < -0.3 is 9.88 Å². The number of nitrogens with zero attached hydrogens (tertiary/aromatic N) is 2. The number of nitrogens with one attached hydrogen (secondary N) is 1. The molecule has 116 valence electrons. The smallest absolute Gasteiger partial charge is 0.247 e. The van der Waals surface area contributed by atoms with Crippen molar-refractivity contribution in [3.05, 3.63) is 58.6 Å². The van der Waals surface area contributed by atoms with Crippen LogP contribution in [0.2, 0.25) is 0 Å². The number of benzene rings is 1. The molecule has 0 spiro atoms. The van der Waals surface area contributed by atoms with Gasteiger partial charge in [0.15, 0.2) is 0 Å². The fourth-order valence-electron chi connectivity index (χ4n) is 3.08. The van der Waals surface area contributed by atoms with Gasteiger partial charge in [0.25, 0.3) is 0 Å². The van der Waals surface area contributed by atoms with Crippen LogP contribution in [0.25, 0.3) is 17.1 Å². The molecule has 5 heteroatoms. The number of carbonyl (C=O) groups is 1. The molecule has 4 nitrogen and oxygen atoms in total. The van der Waals surface area contributed by atoms with Gasteiger partial charge in [-0.2, -0.15) is 0 Å². The van der Waals surface area contributed by atoms with Gasteiger partial charge in [-0.1, -0.05) is 18.2 Å². The second kappa shape index (κ2) is 6.01. The maximum Gasteiger partial charge on any atom is 0.247 e. The number of fused-ring (bicyclic) bond motifs is 1. The number of rotatable bonds is 3. The van der Waals surface area contributed by atoms with Crippen molar-refractivity contribution in [3.8, 4) is 0 Å². The Bertz CT molecular complexity index is 817. The van der Waals surface area contributed by atoms with E-state index in [4.69, 9.17) is 0 Å². The molecule has 0 bridgehead atoms. The molecule has 1 amide bonds. The minimum absolute atomic E-state index is 0.0443. The van der Waals surface area contributed by atoms with E-state index in [1.807, 2.05) is 52.8 Å². The number of hydrogen-bond donors (Lipinski definition) is 1. The standard InChI is InChI=1S/C18H17N3OS/c22-17(10-9-13-5-4-12-23-13)21-11-3-8-16(21)18-19-14-6-1-2-7-15(14)20-18/h1-2,4-7,9-10,12,16H,3,8,11H2,(H,19,20)/b10-9+/t16-/m1/s1. The lowest BCUT2D eigenvalue weighted by molar-refractivity contribution is -0.126. The van der Waals surface area contributed by atoms with Crippen LogP contribution in [-0.4, -0.2) is 27.3 Å². The van der Waals surface area contributed by atoms with Crippen molar-refractivity contribution in [1.29, 1.82) is 0 Å². The van der Waals surface area contributed by atoms with Gasteiger partial charge in [-0.3, -0.25) is 4.79 Å². The summed E-state index contributed by atoms with van der Waals surface area (Å²) in [6, 6.07) is 12.0. The van der Waals surface area contributed by atoms with Gasteiger partial charge in [0.05, 0.1) is 17.1 Å². The summed E-state index contributed by atoms with van der Waals surface area (Å²) in [6.07, 6.45) is 5.53. The molecule has 1 atom stereocenters. The molecule has 3 aromatic rings. The molecule has 1 aliphatic heterocycles. The fraction of sp³-hybridized carbons (Fsp3) is 0.222. The van der Waals surface area contributed by atoms with Crippen LogP contribution in [0.5, 0.6) is 0 Å². The Hall–Kier alpha value is -2.40. The summed E-state index contributed by atoms with van der Waals surface area (Å²) in [5.41, 5.74) is 1.98. The quantitative estimate of drug-likeness (QED) is 0.741. The Labute approximate surface area is 138 Å². The molecule has 1 N–H and O–H groups in total. The van der Waals surface area contributed by atoms with E-state index in [1.54, 1.807) is 17.4 Å². The Morgan fingerprint density at radius 3 is 3.04 bits per heavy atom. The minimum atomic E-state index is 0.0443. The van der Waals surface area contributed by atoms with Crippen molar-refractivity contribution in [2.45, 2.75) is 18.9 Å². The van der Waals surface area contributed by atoms with Gasteiger partial charge >= 0.3 is 0 Å². The highest BCUT2D eigenvalue weighted by Crippen LogP contribution is 2.31. The molecule has 4 rings (SSSR count). The molecule has 1 aromatic carbocycles. The number of hydrogen-bond acceptors (Lipinski definition) is 3. The molecular weight excluding hydrogens is 306 g/mol. The van der Waals surface area contributed by atoms with Crippen molar-refractivity contribution in [1.82, 2.24) is 14.9 Å². The molecule has 23 heavy (non-hydrogen) atoms. The molecule has 3 heterocycles. The van der Waals surface area contributed by atoms with Gasteiger partial charge in [-0.05, 0) is 42.5 Å². The zero-order chi connectivity index (χ0) is 15.6. The monoisotopic (exact) mass is 323 g/mol. The molecule has 2 aromatic heterocycles. The van der Waals surface area contributed by atoms with E-state index in [2.05, 4.69) is 9.97 Å². The first-order valence-corrected chi connectivity index (χ1v) is 8.66. The van der Waals surface area contributed by atoms with Crippen LogP contribution < -0.4 is 0 Å². The Morgan fingerprint density at radius 1 is 1.30 bits per heavy atom. The first-order valence-electron chi connectivity index (χ1n) is 7.78. The number of imidazole rings is 1. The predicted molar refractivity (Wildman–Crippen MR) is 93.1 cm³/mol. The maximum absolute atomic E-state index is 12.5. The summed E-state index contributed by atoms with van der Waals surface area (Å²) >= 11 is 1.63. The largest absolute Gasteiger partial charge is 0.340 e. The van der Waals surface area contributed by atoms with Crippen LogP contribution in [0.1, 0.15) is 29.6 Å². The molecule has 0 radical (unpaired) electrons. The first kappa shape index (κ1) is 14.2. The lowest BCUT2D eigenvalue weighted by Gasteiger charge is -2.21. The topological polar surface area (TPSA) is 49.0 Å². The minimum Gasteiger partial charge on any atom is -0.340 e. The number of aromatic amines is 1. The van der Waals surface area contributed by atoms with E-state index >= 15 is 0 Å². The Balaban J connectivity index is 1.57. The van der Waals surface area contributed by atoms with Gasteiger partial charge in [-0.15, -0.1) is 11.3 Å². The SMILES string of the molecule is O=C(/C=C/c1cccs1)N1CCC[C@@H]1c1nc2ccccc2[nH]1. The molecule has 0 unspecified atom stereocenters. The fourth-order valence-corrected chi connectivity index (χ4v) is 3.70. The highest BCUT2D eigenvalue weighted by atomic mass is 32.1. The number of para-hydroxylation sites is 2. The van der Waals surface area contributed by atoms with Crippen LogP contribution in [0.4, 0.5) is 0 Å². The van der Waals surface area contributed by atoms with Crippen molar-refractivity contribution in [3.63, 3.8) is 0 Å². The van der Waals surface area contributed by atoms with Crippen LogP contribution in [0, 0.1) is 0 Å². The van der Waals surface area contributed by atoms with Crippen molar-refractivity contribution >= 4 is 34.4 Å².